The maximum atomic E-state index is 13.8. The predicted molar refractivity (Wildman–Crippen MR) is 104 cm³/mol. The molecule has 2 N–H and O–H groups in total. The zero-order valence-corrected chi connectivity index (χ0v) is 15.9. The molecular formula is C20H25F2N5. The third-order valence-electron chi connectivity index (χ3n) is 4.51. The third kappa shape index (κ3) is 4.40. The Bertz CT molecular complexity index is 815. The van der Waals surface area contributed by atoms with Gasteiger partial charge in [-0.15, -0.1) is 0 Å². The van der Waals surface area contributed by atoms with E-state index in [4.69, 9.17) is 5.41 Å². The first-order valence-corrected chi connectivity index (χ1v) is 9.03. The highest BCUT2D eigenvalue weighted by Crippen LogP contribution is 2.34. The molecule has 1 fully saturated rings. The van der Waals surface area contributed by atoms with Crippen LogP contribution in [-0.2, 0) is 12.0 Å². The Morgan fingerprint density at radius 1 is 1.22 bits per heavy atom. The van der Waals surface area contributed by atoms with Crippen molar-refractivity contribution in [3.8, 4) is 0 Å². The van der Waals surface area contributed by atoms with Crippen LogP contribution in [0.4, 0.5) is 20.4 Å². The molecule has 0 bridgehead atoms. The molecule has 1 aliphatic heterocycles. The highest BCUT2D eigenvalue weighted by molar-refractivity contribution is 5.91. The van der Waals surface area contributed by atoms with Crippen LogP contribution in [0.15, 0.2) is 30.3 Å². The number of anilines is 2. The fraction of sp³-hybridized carbons (Fsp3) is 0.450. The van der Waals surface area contributed by atoms with E-state index in [0.29, 0.717) is 29.6 Å². The average Bonchev–Trinajstić information content (AvgIpc) is 2.99. The zero-order valence-electron chi connectivity index (χ0n) is 15.9. The number of hydrogen-bond acceptors (Lipinski definition) is 5. The van der Waals surface area contributed by atoms with Gasteiger partial charge in [0.25, 0.3) is 5.92 Å². The SMILES string of the molecule is CC(C)(C)c1nc(NCc2ccccc2)c(C=N)c(N2CCC(F)(F)C2)n1. The normalized spacial score (nSPS) is 16.4. The van der Waals surface area contributed by atoms with Gasteiger partial charge in [-0.25, -0.2) is 18.7 Å². The van der Waals surface area contributed by atoms with E-state index in [9.17, 15) is 8.78 Å². The molecule has 5 nitrogen and oxygen atoms in total. The van der Waals surface area contributed by atoms with Crippen LogP contribution in [0.2, 0.25) is 0 Å². The second-order valence-corrected chi connectivity index (χ2v) is 7.89. The number of benzene rings is 1. The average molecular weight is 373 g/mol. The summed E-state index contributed by atoms with van der Waals surface area (Å²) in [5, 5.41) is 11.1. The van der Waals surface area contributed by atoms with Gasteiger partial charge in [0.15, 0.2) is 0 Å². The number of aromatic nitrogens is 2. The van der Waals surface area contributed by atoms with Gasteiger partial charge in [-0.1, -0.05) is 51.1 Å². The summed E-state index contributed by atoms with van der Waals surface area (Å²) in [6.45, 7) is 6.30. The Morgan fingerprint density at radius 2 is 1.93 bits per heavy atom. The van der Waals surface area contributed by atoms with Gasteiger partial charge in [0.2, 0.25) is 0 Å². The van der Waals surface area contributed by atoms with Crippen LogP contribution in [0, 0.1) is 5.41 Å². The molecule has 0 atom stereocenters. The van der Waals surface area contributed by atoms with Gasteiger partial charge in [0.05, 0.1) is 12.1 Å². The fourth-order valence-corrected chi connectivity index (χ4v) is 3.00. The van der Waals surface area contributed by atoms with Crippen molar-refractivity contribution in [2.45, 2.75) is 45.1 Å². The van der Waals surface area contributed by atoms with Gasteiger partial charge in [-0.3, -0.25) is 0 Å². The lowest BCUT2D eigenvalue weighted by Crippen LogP contribution is -2.29. The molecule has 1 aromatic heterocycles. The van der Waals surface area contributed by atoms with Crippen LogP contribution >= 0.6 is 0 Å². The molecule has 27 heavy (non-hydrogen) atoms. The minimum atomic E-state index is -2.73. The Kier molecular flexibility index (Phi) is 5.13. The first-order chi connectivity index (χ1) is 12.7. The summed E-state index contributed by atoms with van der Waals surface area (Å²) in [4.78, 5) is 10.7. The summed E-state index contributed by atoms with van der Waals surface area (Å²) in [7, 11) is 0. The largest absolute Gasteiger partial charge is 0.365 e. The van der Waals surface area contributed by atoms with E-state index in [1.165, 1.54) is 0 Å². The van der Waals surface area contributed by atoms with Crippen molar-refractivity contribution in [1.82, 2.24) is 9.97 Å². The van der Waals surface area contributed by atoms with Crippen molar-refractivity contribution in [3.05, 3.63) is 47.3 Å². The van der Waals surface area contributed by atoms with Crippen molar-refractivity contribution < 1.29 is 8.78 Å². The van der Waals surface area contributed by atoms with E-state index in [-0.39, 0.29) is 24.9 Å². The van der Waals surface area contributed by atoms with E-state index in [1.54, 1.807) is 4.90 Å². The molecule has 2 heterocycles. The second kappa shape index (κ2) is 7.21. The first-order valence-electron chi connectivity index (χ1n) is 9.03. The number of hydrogen-bond donors (Lipinski definition) is 2. The predicted octanol–water partition coefficient (Wildman–Crippen LogP) is 4.23. The smallest absolute Gasteiger partial charge is 0.266 e. The van der Waals surface area contributed by atoms with E-state index >= 15 is 0 Å². The van der Waals surface area contributed by atoms with Gasteiger partial charge in [-0.2, -0.15) is 0 Å². The lowest BCUT2D eigenvalue weighted by atomic mass is 9.95. The van der Waals surface area contributed by atoms with Crippen LogP contribution in [0.25, 0.3) is 0 Å². The molecule has 0 amide bonds. The molecule has 0 spiro atoms. The van der Waals surface area contributed by atoms with E-state index in [1.807, 2.05) is 51.1 Å². The number of rotatable bonds is 5. The fourth-order valence-electron chi connectivity index (χ4n) is 3.00. The number of alkyl halides is 2. The Balaban J connectivity index is 2.00. The molecular weight excluding hydrogens is 348 g/mol. The van der Waals surface area contributed by atoms with Gasteiger partial charge in [-0.05, 0) is 5.56 Å². The molecule has 2 aromatic rings. The van der Waals surface area contributed by atoms with Gasteiger partial charge < -0.3 is 15.6 Å². The second-order valence-electron chi connectivity index (χ2n) is 7.89. The Morgan fingerprint density at radius 3 is 2.48 bits per heavy atom. The minimum Gasteiger partial charge on any atom is -0.365 e. The maximum absolute atomic E-state index is 13.8. The van der Waals surface area contributed by atoms with Crippen molar-refractivity contribution in [3.63, 3.8) is 0 Å². The molecule has 0 aliphatic carbocycles. The van der Waals surface area contributed by atoms with Crippen LogP contribution < -0.4 is 10.2 Å². The summed E-state index contributed by atoms with van der Waals surface area (Å²) < 4.78 is 27.5. The summed E-state index contributed by atoms with van der Waals surface area (Å²) in [6, 6.07) is 9.83. The lowest BCUT2D eigenvalue weighted by Gasteiger charge is -2.25. The molecule has 3 rings (SSSR count). The molecule has 1 saturated heterocycles. The van der Waals surface area contributed by atoms with Crippen LogP contribution in [-0.4, -0.2) is 35.2 Å². The molecule has 0 unspecified atom stereocenters. The lowest BCUT2D eigenvalue weighted by molar-refractivity contribution is 0.0256. The van der Waals surface area contributed by atoms with E-state index in [0.717, 1.165) is 11.8 Å². The first kappa shape index (κ1) is 19.2. The third-order valence-corrected chi connectivity index (χ3v) is 4.51. The van der Waals surface area contributed by atoms with E-state index < -0.39 is 5.92 Å². The van der Waals surface area contributed by atoms with Gasteiger partial charge in [0.1, 0.15) is 17.5 Å². The van der Waals surface area contributed by atoms with Crippen molar-refractivity contribution in [2.24, 2.45) is 0 Å². The summed E-state index contributed by atoms with van der Waals surface area (Å²) in [6.07, 6.45) is 0.942. The summed E-state index contributed by atoms with van der Waals surface area (Å²) >= 11 is 0. The van der Waals surface area contributed by atoms with Crippen molar-refractivity contribution in [2.75, 3.05) is 23.3 Å². The number of nitrogens with one attached hydrogen (secondary N) is 2. The van der Waals surface area contributed by atoms with Crippen molar-refractivity contribution in [1.29, 1.82) is 5.41 Å². The van der Waals surface area contributed by atoms with Crippen molar-refractivity contribution >= 4 is 17.9 Å². The van der Waals surface area contributed by atoms with Crippen LogP contribution in [0.1, 0.15) is 44.1 Å². The zero-order chi connectivity index (χ0) is 19.7. The van der Waals surface area contributed by atoms with Crippen LogP contribution in [0.5, 0.6) is 0 Å². The van der Waals surface area contributed by atoms with E-state index in [2.05, 4.69) is 15.3 Å². The summed E-state index contributed by atoms with van der Waals surface area (Å²) in [5.41, 5.74) is 1.16. The van der Waals surface area contributed by atoms with Gasteiger partial charge >= 0.3 is 0 Å². The molecule has 0 radical (unpaired) electrons. The molecule has 1 aliphatic rings. The maximum Gasteiger partial charge on any atom is 0.266 e. The van der Waals surface area contributed by atoms with Crippen LogP contribution in [0.3, 0.4) is 0 Å². The number of nitrogens with zero attached hydrogens (tertiary/aromatic N) is 3. The summed E-state index contributed by atoms with van der Waals surface area (Å²) in [5.74, 6) is -1.27. The highest BCUT2D eigenvalue weighted by Gasteiger charge is 2.40. The standard InChI is InChI=1S/C20H25F2N5/c1-19(2,3)18-25-16(24-12-14-7-5-4-6-8-14)15(11-23)17(26-18)27-10-9-20(21,22)13-27/h4-8,11,23H,9-10,12-13H2,1-3H3,(H,24,25,26). The molecule has 7 heteroatoms. The molecule has 144 valence electrons. The molecule has 0 saturated carbocycles. The minimum absolute atomic E-state index is 0.202. The number of halogens is 2. The quantitative estimate of drug-likeness (QED) is 0.770. The monoisotopic (exact) mass is 373 g/mol. The Labute approximate surface area is 158 Å². The Hall–Kier alpha value is -2.57. The topological polar surface area (TPSA) is 64.9 Å². The highest BCUT2D eigenvalue weighted by atomic mass is 19.3. The van der Waals surface area contributed by atoms with Gasteiger partial charge in [0, 0.05) is 31.1 Å². The molecule has 1 aromatic carbocycles.